The number of carbonyl (C=O) groups excluding carboxylic acids is 1. The first-order valence-corrected chi connectivity index (χ1v) is 26.0. The van der Waals surface area contributed by atoms with Gasteiger partial charge in [0.05, 0.1) is 26.7 Å². The molecule has 2 aliphatic heterocycles. The lowest BCUT2D eigenvalue weighted by Gasteiger charge is -2.37. The third-order valence-electron chi connectivity index (χ3n) is 13.3. The first-order chi connectivity index (χ1) is 33.1. The highest BCUT2D eigenvalue weighted by atomic mass is 35.5. The Hall–Kier alpha value is -6.04. The van der Waals surface area contributed by atoms with Crippen molar-refractivity contribution in [3.63, 3.8) is 0 Å². The highest BCUT2D eigenvalue weighted by Gasteiger charge is 2.30. The zero-order valence-corrected chi connectivity index (χ0v) is 41.7. The Balaban J connectivity index is 0.920. The average Bonchev–Trinajstić information content (AvgIpc) is 3.62. The summed E-state index contributed by atoms with van der Waals surface area (Å²) >= 11 is 7.91. The van der Waals surface area contributed by atoms with Crippen LogP contribution in [0.25, 0.3) is 22.4 Å². The minimum absolute atomic E-state index is 0.155. The van der Waals surface area contributed by atoms with E-state index in [1.807, 2.05) is 99.8 Å². The molecule has 0 saturated carbocycles. The molecule has 2 fully saturated rings. The molecule has 1 atom stereocenters. The number of anilines is 4. The van der Waals surface area contributed by atoms with Crippen molar-refractivity contribution in [2.75, 3.05) is 78.5 Å². The van der Waals surface area contributed by atoms with E-state index in [2.05, 4.69) is 46.8 Å². The van der Waals surface area contributed by atoms with Gasteiger partial charge in [0.25, 0.3) is 21.6 Å². The van der Waals surface area contributed by atoms with Crippen LogP contribution in [0.1, 0.15) is 42.2 Å². The number of sulfonamides is 1. The van der Waals surface area contributed by atoms with Crippen molar-refractivity contribution in [3.05, 3.63) is 148 Å². The molecular formula is C52H59ClN8O6S2. The Kier molecular flexibility index (Phi) is 15.2. The van der Waals surface area contributed by atoms with E-state index < -0.39 is 20.5 Å². The summed E-state index contributed by atoms with van der Waals surface area (Å²) in [6.07, 6.45) is 2.07. The van der Waals surface area contributed by atoms with Gasteiger partial charge >= 0.3 is 0 Å². The molecule has 3 heterocycles. The number of likely N-dealkylation sites (tertiary alicyclic amines) is 1. The van der Waals surface area contributed by atoms with Crippen molar-refractivity contribution in [2.24, 2.45) is 7.05 Å². The van der Waals surface area contributed by atoms with E-state index in [0.29, 0.717) is 41.3 Å². The number of nitro benzene ring substituents is 1. The van der Waals surface area contributed by atoms with E-state index in [9.17, 15) is 28.4 Å². The average molecular weight is 992 g/mol. The molecule has 14 nitrogen and oxygen atoms in total. The van der Waals surface area contributed by atoms with Crippen molar-refractivity contribution in [3.8, 4) is 22.4 Å². The van der Waals surface area contributed by atoms with E-state index in [4.69, 9.17) is 11.6 Å². The maximum atomic E-state index is 13.7. The lowest BCUT2D eigenvalue weighted by atomic mass is 9.94. The van der Waals surface area contributed by atoms with Gasteiger partial charge in [-0.2, -0.15) is 0 Å². The molecular weight excluding hydrogens is 932 g/mol. The third kappa shape index (κ3) is 11.7. The van der Waals surface area contributed by atoms with Crippen molar-refractivity contribution < 1.29 is 23.2 Å². The highest BCUT2D eigenvalue weighted by molar-refractivity contribution is 7.99. The van der Waals surface area contributed by atoms with Crippen LogP contribution in [0.4, 0.5) is 28.4 Å². The first-order valence-electron chi connectivity index (χ1n) is 23.2. The number of hydrogen-bond donors (Lipinski definition) is 4. The van der Waals surface area contributed by atoms with Gasteiger partial charge < -0.3 is 35.0 Å². The molecule has 0 aliphatic carbocycles. The number of hydrogen-bond acceptors (Lipinski definition) is 11. The Morgan fingerprint density at radius 1 is 0.855 bits per heavy atom. The standard InChI is InChI=1S/C52H59ClN8O6S2/c1-36-48(51(62)54-3)49(50(57(36)4)37-13-15-39(53)16-14-37)38-9-8-10-43(33-38)60-31-29-59(30-32-60)42-19-17-40(18-20-42)56-69(66,67)45-21-22-46(47(34-45)61(64)65)55-41(35-68-44-11-6-5-7-12-44)23-26-58-27-24-52(2,63)25-28-58/h5-22,33-34,41,55-56,63H,23-32,35H2,1-4H3,(H,54,62)/t41-/m1/s1. The van der Waals surface area contributed by atoms with Gasteiger partial charge in [-0.05, 0) is 117 Å². The van der Waals surface area contributed by atoms with Crippen LogP contribution in [0.15, 0.2) is 131 Å². The summed E-state index contributed by atoms with van der Waals surface area (Å²) in [7, 11) is -0.570. The molecule has 2 saturated heterocycles. The third-order valence-corrected chi connectivity index (χ3v) is 16.1. The molecule has 1 aromatic heterocycles. The molecule has 0 unspecified atom stereocenters. The number of aromatic nitrogens is 1. The molecule has 5 aromatic carbocycles. The number of amides is 1. The second kappa shape index (κ2) is 21.3. The monoisotopic (exact) mass is 990 g/mol. The van der Waals surface area contributed by atoms with Crippen molar-refractivity contribution in [2.45, 2.75) is 54.5 Å². The molecule has 362 valence electrons. The van der Waals surface area contributed by atoms with E-state index in [1.54, 1.807) is 30.9 Å². The summed E-state index contributed by atoms with van der Waals surface area (Å²) in [5.41, 5.74) is 6.73. The number of rotatable bonds is 17. The smallest absolute Gasteiger partial charge is 0.293 e. The SMILES string of the molecule is CNC(=O)c1c(-c2cccc(N3CCN(c4ccc(NS(=O)(=O)c5ccc(N[C@H](CCN6CCC(C)(O)CC6)CSc6ccccc6)c([N+](=O)[O-])c5)cc4)CC3)c2)c(-c2ccc(Cl)cc2)n(C)c1C. The zero-order valence-electron chi connectivity index (χ0n) is 39.3. The number of nitro groups is 1. The maximum Gasteiger partial charge on any atom is 0.293 e. The van der Waals surface area contributed by atoms with Crippen molar-refractivity contribution >= 4 is 67.7 Å². The van der Waals surface area contributed by atoms with Gasteiger partial charge in [0.1, 0.15) is 5.69 Å². The van der Waals surface area contributed by atoms with E-state index in [1.165, 1.54) is 12.1 Å². The molecule has 2 aliphatic rings. The number of carbonyl (C=O) groups is 1. The topological polar surface area (TPSA) is 165 Å². The van der Waals surface area contributed by atoms with Crippen LogP contribution >= 0.6 is 23.4 Å². The number of aliphatic hydroxyl groups is 1. The van der Waals surface area contributed by atoms with Crippen molar-refractivity contribution in [1.82, 2.24) is 14.8 Å². The number of halogens is 1. The number of piperidine rings is 1. The summed E-state index contributed by atoms with van der Waals surface area (Å²) in [6, 6.07) is 36.9. The minimum atomic E-state index is -4.19. The van der Waals surface area contributed by atoms with Gasteiger partial charge in [-0.25, -0.2) is 8.42 Å². The van der Waals surface area contributed by atoms with Gasteiger partial charge in [0.2, 0.25) is 0 Å². The number of benzene rings is 5. The Bertz CT molecular complexity index is 2880. The fourth-order valence-electron chi connectivity index (χ4n) is 9.15. The molecule has 0 spiro atoms. The maximum absolute atomic E-state index is 13.7. The molecule has 0 radical (unpaired) electrons. The molecule has 69 heavy (non-hydrogen) atoms. The first kappa shape index (κ1) is 49.4. The van der Waals surface area contributed by atoms with Crippen molar-refractivity contribution in [1.29, 1.82) is 0 Å². The fourth-order valence-corrected chi connectivity index (χ4v) is 11.3. The Morgan fingerprint density at radius 2 is 1.52 bits per heavy atom. The molecule has 17 heteroatoms. The number of nitrogens with one attached hydrogen (secondary N) is 3. The van der Waals surface area contributed by atoms with Gasteiger partial charge in [-0.3, -0.25) is 19.6 Å². The Morgan fingerprint density at radius 3 is 2.17 bits per heavy atom. The van der Waals surface area contributed by atoms with Crippen LogP contribution in [0.5, 0.6) is 0 Å². The summed E-state index contributed by atoms with van der Waals surface area (Å²) in [6.45, 7) is 9.03. The van der Waals surface area contributed by atoms with E-state index >= 15 is 0 Å². The van der Waals surface area contributed by atoms with Gasteiger partial charge in [-0.1, -0.05) is 54.1 Å². The quantitative estimate of drug-likeness (QED) is 0.0391. The molecule has 1 amide bonds. The van der Waals surface area contributed by atoms with Crippen LogP contribution in [-0.4, -0.2) is 104 Å². The van der Waals surface area contributed by atoms with E-state index in [-0.39, 0.29) is 28.2 Å². The lowest BCUT2D eigenvalue weighted by Crippen LogP contribution is -2.46. The second-order valence-corrected chi connectivity index (χ2v) is 21.2. The second-order valence-electron chi connectivity index (χ2n) is 18.0. The van der Waals surface area contributed by atoms with Gasteiger partial charge in [-0.15, -0.1) is 11.8 Å². The van der Waals surface area contributed by atoms with Crippen LogP contribution < -0.4 is 25.2 Å². The minimum Gasteiger partial charge on any atom is -0.390 e. The van der Waals surface area contributed by atoms with Crippen LogP contribution in [-0.2, 0) is 17.1 Å². The number of thioether (sulfide) groups is 1. The molecule has 8 rings (SSSR count). The highest BCUT2D eigenvalue weighted by Crippen LogP contribution is 2.41. The predicted octanol–water partition coefficient (Wildman–Crippen LogP) is 9.53. The summed E-state index contributed by atoms with van der Waals surface area (Å²) in [5, 5.41) is 29.8. The summed E-state index contributed by atoms with van der Waals surface area (Å²) in [4.78, 5) is 33.0. The fraction of sp³-hybridized carbons (Fsp3) is 0.327. The largest absolute Gasteiger partial charge is 0.390 e. The zero-order chi connectivity index (χ0) is 48.9. The number of piperazine rings is 1. The normalized spacial score (nSPS) is 15.7. The van der Waals surface area contributed by atoms with Crippen LogP contribution in [0.2, 0.25) is 5.02 Å². The van der Waals surface area contributed by atoms with Gasteiger partial charge in [0.15, 0.2) is 0 Å². The summed E-state index contributed by atoms with van der Waals surface area (Å²) in [5.74, 6) is 0.482. The van der Waals surface area contributed by atoms with Crippen LogP contribution in [0, 0.1) is 17.0 Å². The molecule has 0 bridgehead atoms. The van der Waals surface area contributed by atoms with Crippen LogP contribution in [0.3, 0.4) is 0 Å². The predicted molar refractivity (Wildman–Crippen MR) is 280 cm³/mol. The van der Waals surface area contributed by atoms with E-state index in [0.717, 1.165) is 96.2 Å². The van der Waals surface area contributed by atoms with Gasteiger partial charge in [0, 0.05) is 116 Å². The molecule has 4 N–H and O–H groups in total. The Labute approximate surface area is 413 Å². The lowest BCUT2D eigenvalue weighted by molar-refractivity contribution is -0.384. The number of nitrogens with zero attached hydrogens (tertiary/aromatic N) is 5. The molecule has 6 aromatic rings. The summed E-state index contributed by atoms with van der Waals surface area (Å²) < 4.78 is 32.1.